The van der Waals surface area contributed by atoms with Gasteiger partial charge in [-0.2, -0.15) is 0 Å². The summed E-state index contributed by atoms with van der Waals surface area (Å²) in [5, 5.41) is 12.9. The molecule has 1 heterocycles. The third-order valence-corrected chi connectivity index (χ3v) is 10.8. The lowest BCUT2D eigenvalue weighted by Crippen LogP contribution is -1.94. The molecule has 0 saturated carbocycles. The van der Waals surface area contributed by atoms with Crippen LogP contribution in [0.1, 0.15) is 0 Å². The molecule has 1 heteroatoms. The normalized spacial score (nSPS) is 12.4. The van der Waals surface area contributed by atoms with E-state index in [0.717, 1.165) is 0 Å². The molecule has 0 saturated heterocycles. The third kappa shape index (κ3) is 3.62. The predicted octanol–water partition coefficient (Wildman–Crippen LogP) is 12.9. The molecule has 9 aromatic carbocycles. The van der Waals surface area contributed by atoms with Crippen molar-refractivity contribution in [1.82, 2.24) is 0 Å². The van der Waals surface area contributed by atoms with Gasteiger partial charge in [0.25, 0.3) is 0 Å². The van der Waals surface area contributed by atoms with Crippen molar-refractivity contribution in [3.63, 3.8) is 0 Å². The maximum atomic E-state index is 2.42. The molecule has 9 aromatic rings. The number of benzene rings is 9. The maximum Gasteiger partial charge on any atom is 0.0207 e. The topological polar surface area (TPSA) is 0 Å². The van der Waals surface area contributed by atoms with Gasteiger partial charge in [-0.05, 0) is 100 Å². The highest BCUT2D eigenvalue weighted by atomic mass is 32.2. The van der Waals surface area contributed by atoms with Gasteiger partial charge in [0.15, 0.2) is 0 Å². The van der Waals surface area contributed by atoms with Crippen molar-refractivity contribution in [3.8, 4) is 33.4 Å². The maximum absolute atomic E-state index is 2.42. The van der Waals surface area contributed by atoms with Gasteiger partial charge in [-0.3, -0.25) is 0 Å². The molecule has 0 N–H and O–H groups in total. The molecule has 0 bridgehead atoms. The van der Waals surface area contributed by atoms with E-state index >= 15 is 0 Å². The fourth-order valence-corrected chi connectivity index (χ4v) is 8.83. The molecule has 1 aliphatic heterocycles. The molecule has 0 atom stereocenters. The van der Waals surface area contributed by atoms with E-state index in [9.17, 15) is 0 Å². The second kappa shape index (κ2) is 9.56. The SMILES string of the molecule is c1ccc2c(c1)Sc1ccc(-c3cccc4ccc5c(-c6cccc7ccccc67)c6ccccc6cc5c34)c3cccc-2c13. The minimum Gasteiger partial charge on any atom is -0.0888 e. The molecular formula is C44H26S. The first kappa shape index (κ1) is 25.0. The van der Waals surface area contributed by atoms with Crippen LogP contribution in [-0.2, 0) is 0 Å². The van der Waals surface area contributed by atoms with Gasteiger partial charge in [0.1, 0.15) is 0 Å². The summed E-state index contributed by atoms with van der Waals surface area (Å²) < 4.78 is 0. The van der Waals surface area contributed by atoms with Crippen molar-refractivity contribution in [2.24, 2.45) is 0 Å². The van der Waals surface area contributed by atoms with E-state index in [-0.39, 0.29) is 0 Å². The fourth-order valence-electron chi connectivity index (χ4n) is 7.70. The fraction of sp³-hybridized carbons (Fsp3) is 0. The summed E-state index contributed by atoms with van der Waals surface area (Å²) >= 11 is 1.89. The highest BCUT2D eigenvalue weighted by Crippen LogP contribution is 2.51. The Kier molecular flexibility index (Phi) is 5.31. The molecule has 208 valence electrons. The lowest BCUT2D eigenvalue weighted by atomic mass is 9.85. The van der Waals surface area contributed by atoms with Crippen LogP contribution in [0.4, 0.5) is 0 Å². The summed E-state index contributed by atoms with van der Waals surface area (Å²) in [6, 6.07) is 58.5. The summed E-state index contributed by atoms with van der Waals surface area (Å²) in [7, 11) is 0. The molecule has 0 spiro atoms. The highest BCUT2D eigenvalue weighted by Gasteiger charge is 2.22. The van der Waals surface area contributed by atoms with E-state index in [2.05, 4.69) is 158 Å². The minimum atomic E-state index is 1.26. The lowest BCUT2D eigenvalue weighted by Gasteiger charge is -2.22. The summed E-state index contributed by atoms with van der Waals surface area (Å²) in [5.41, 5.74) is 7.81. The van der Waals surface area contributed by atoms with Crippen molar-refractivity contribution in [2.45, 2.75) is 9.79 Å². The van der Waals surface area contributed by atoms with Crippen molar-refractivity contribution in [2.75, 3.05) is 0 Å². The van der Waals surface area contributed by atoms with Gasteiger partial charge in [0.05, 0.1) is 0 Å². The predicted molar refractivity (Wildman–Crippen MR) is 194 cm³/mol. The van der Waals surface area contributed by atoms with Gasteiger partial charge in [0, 0.05) is 15.2 Å². The van der Waals surface area contributed by atoms with Crippen LogP contribution in [-0.4, -0.2) is 0 Å². The summed E-state index contributed by atoms with van der Waals surface area (Å²) in [4.78, 5) is 2.66. The van der Waals surface area contributed by atoms with Crippen molar-refractivity contribution in [1.29, 1.82) is 0 Å². The van der Waals surface area contributed by atoms with Gasteiger partial charge in [-0.1, -0.05) is 151 Å². The number of hydrogen-bond acceptors (Lipinski definition) is 1. The molecule has 10 rings (SSSR count). The van der Waals surface area contributed by atoms with E-state index < -0.39 is 0 Å². The zero-order valence-electron chi connectivity index (χ0n) is 24.4. The lowest BCUT2D eigenvalue weighted by molar-refractivity contribution is 1.40. The molecule has 0 radical (unpaired) electrons. The van der Waals surface area contributed by atoms with Crippen LogP contribution in [0.3, 0.4) is 0 Å². The standard InChI is InChI=1S/C44H26S/c1-3-14-30-27(10-1)12-7-17-34(30)43-31-15-4-2-11-29(31)26-39-38(43)23-22-28-13-8-18-35(42(28)39)32-24-25-41-44-36(32)19-9-20-37(44)33-16-5-6-21-40(33)45-41/h1-26H. The van der Waals surface area contributed by atoms with Gasteiger partial charge in [-0.25, -0.2) is 0 Å². The Balaban J connectivity index is 1.33. The summed E-state index contributed by atoms with van der Waals surface area (Å²) in [6.45, 7) is 0. The van der Waals surface area contributed by atoms with Gasteiger partial charge < -0.3 is 0 Å². The highest BCUT2D eigenvalue weighted by molar-refractivity contribution is 7.99. The monoisotopic (exact) mass is 586 g/mol. The van der Waals surface area contributed by atoms with Crippen molar-refractivity contribution < 1.29 is 0 Å². The zero-order chi connectivity index (χ0) is 29.5. The average Bonchev–Trinajstić information content (AvgIpc) is 3.10. The van der Waals surface area contributed by atoms with Crippen LogP contribution in [0.2, 0.25) is 0 Å². The number of rotatable bonds is 2. The van der Waals surface area contributed by atoms with Gasteiger partial charge in [0.2, 0.25) is 0 Å². The Morgan fingerprint density at radius 1 is 0.289 bits per heavy atom. The van der Waals surface area contributed by atoms with Crippen LogP contribution >= 0.6 is 11.8 Å². The number of fused-ring (bicyclic) bond motifs is 7. The third-order valence-electron chi connectivity index (χ3n) is 9.63. The first-order valence-electron chi connectivity index (χ1n) is 15.5. The second-order valence-electron chi connectivity index (χ2n) is 12.0. The Labute approximate surface area is 265 Å². The largest absolute Gasteiger partial charge is 0.0888 e. The summed E-state index contributed by atoms with van der Waals surface area (Å²) in [5.74, 6) is 0. The molecular weight excluding hydrogens is 561 g/mol. The molecule has 0 amide bonds. The second-order valence-corrected chi connectivity index (χ2v) is 13.1. The molecule has 0 fully saturated rings. The Morgan fingerprint density at radius 2 is 0.933 bits per heavy atom. The first-order valence-corrected chi connectivity index (χ1v) is 16.3. The van der Waals surface area contributed by atoms with E-state index in [1.165, 1.54) is 97.0 Å². The number of hydrogen-bond donors (Lipinski definition) is 0. The van der Waals surface area contributed by atoms with Gasteiger partial charge >= 0.3 is 0 Å². The molecule has 0 aliphatic carbocycles. The zero-order valence-corrected chi connectivity index (χ0v) is 25.2. The van der Waals surface area contributed by atoms with Crippen LogP contribution in [0.25, 0.3) is 87.2 Å². The van der Waals surface area contributed by atoms with E-state index in [1.54, 1.807) is 0 Å². The summed E-state index contributed by atoms with van der Waals surface area (Å²) in [6.07, 6.45) is 0. The molecule has 45 heavy (non-hydrogen) atoms. The minimum absolute atomic E-state index is 1.26. The van der Waals surface area contributed by atoms with Crippen LogP contribution < -0.4 is 0 Å². The average molecular weight is 587 g/mol. The molecule has 0 nitrogen and oxygen atoms in total. The van der Waals surface area contributed by atoms with E-state index in [4.69, 9.17) is 0 Å². The van der Waals surface area contributed by atoms with Gasteiger partial charge in [-0.15, -0.1) is 0 Å². The quantitative estimate of drug-likeness (QED) is 0.143. The molecule has 0 aromatic heterocycles. The van der Waals surface area contributed by atoms with Crippen LogP contribution in [0, 0.1) is 0 Å². The Hall–Kier alpha value is -5.37. The van der Waals surface area contributed by atoms with Crippen LogP contribution in [0.5, 0.6) is 0 Å². The van der Waals surface area contributed by atoms with Crippen molar-refractivity contribution >= 4 is 65.6 Å². The van der Waals surface area contributed by atoms with E-state index in [1.807, 2.05) is 11.8 Å². The first-order chi connectivity index (χ1) is 22.3. The Morgan fingerprint density at radius 3 is 1.84 bits per heavy atom. The van der Waals surface area contributed by atoms with Crippen LogP contribution in [0.15, 0.2) is 168 Å². The van der Waals surface area contributed by atoms with Crippen molar-refractivity contribution in [3.05, 3.63) is 158 Å². The molecule has 1 aliphatic rings. The smallest absolute Gasteiger partial charge is 0.0207 e. The molecule has 0 unspecified atom stereocenters. The van der Waals surface area contributed by atoms with E-state index in [0.29, 0.717) is 0 Å². The Bertz CT molecular complexity index is 2670.